The van der Waals surface area contributed by atoms with Gasteiger partial charge in [-0.1, -0.05) is 6.42 Å². The van der Waals surface area contributed by atoms with Crippen molar-refractivity contribution in [3.05, 3.63) is 0 Å². The molecular weight excluding hydrogens is 200 g/mol. The predicted octanol–water partition coefficient (Wildman–Crippen LogP) is 1.63. The van der Waals surface area contributed by atoms with Crippen LogP contribution in [0.1, 0.15) is 40.0 Å². The molecular formula is C13H24N2O. The van der Waals surface area contributed by atoms with Crippen molar-refractivity contribution in [3.8, 4) is 0 Å². The Balaban J connectivity index is 1.79. The van der Waals surface area contributed by atoms with Gasteiger partial charge in [-0.25, -0.2) is 0 Å². The highest BCUT2D eigenvalue weighted by Crippen LogP contribution is 2.37. The molecule has 0 spiro atoms. The van der Waals surface area contributed by atoms with Crippen LogP contribution in [-0.2, 0) is 4.79 Å². The monoisotopic (exact) mass is 224 g/mol. The molecule has 1 amide bonds. The van der Waals surface area contributed by atoms with Crippen LogP contribution in [0.15, 0.2) is 0 Å². The molecule has 0 radical (unpaired) electrons. The topological polar surface area (TPSA) is 32.3 Å². The number of hydrogen-bond acceptors (Lipinski definition) is 2. The van der Waals surface area contributed by atoms with E-state index in [2.05, 4.69) is 31.0 Å². The summed E-state index contributed by atoms with van der Waals surface area (Å²) in [5.41, 5.74) is 0.0330. The quantitative estimate of drug-likeness (QED) is 0.773. The van der Waals surface area contributed by atoms with Crippen LogP contribution in [0.5, 0.6) is 0 Å². The van der Waals surface area contributed by atoms with E-state index in [4.69, 9.17) is 0 Å². The zero-order valence-electron chi connectivity index (χ0n) is 10.8. The number of carbonyl (C=O) groups is 1. The van der Waals surface area contributed by atoms with Crippen LogP contribution in [-0.4, -0.2) is 36.0 Å². The minimum atomic E-state index is 0.0330. The minimum Gasteiger partial charge on any atom is -0.341 e. The Morgan fingerprint density at radius 2 is 1.81 bits per heavy atom. The van der Waals surface area contributed by atoms with Crippen LogP contribution in [0.4, 0.5) is 0 Å². The lowest BCUT2D eigenvalue weighted by Gasteiger charge is -2.23. The van der Waals surface area contributed by atoms with Crippen molar-refractivity contribution in [1.82, 2.24) is 10.2 Å². The molecule has 2 unspecified atom stereocenters. The van der Waals surface area contributed by atoms with Crippen molar-refractivity contribution in [1.29, 1.82) is 0 Å². The summed E-state index contributed by atoms with van der Waals surface area (Å²) in [6.45, 7) is 8.80. The first-order valence-corrected chi connectivity index (χ1v) is 6.48. The molecule has 2 aliphatic rings. The molecule has 92 valence electrons. The van der Waals surface area contributed by atoms with E-state index >= 15 is 0 Å². The van der Waals surface area contributed by atoms with Crippen LogP contribution in [0, 0.1) is 11.8 Å². The second-order valence-corrected chi connectivity index (χ2v) is 6.35. The second kappa shape index (κ2) is 4.36. The van der Waals surface area contributed by atoms with Crippen LogP contribution in [0.25, 0.3) is 0 Å². The smallest absolute Gasteiger partial charge is 0.236 e. The Morgan fingerprint density at radius 1 is 1.25 bits per heavy atom. The van der Waals surface area contributed by atoms with E-state index in [0.717, 1.165) is 24.9 Å². The molecule has 0 aromatic heterocycles. The lowest BCUT2D eigenvalue weighted by molar-refractivity contribution is -0.129. The summed E-state index contributed by atoms with van der Waals surface area (Å²) < 4.78 is 0. The summed E-state index contributed by atoms with van der Waals surface area (Å²) in [7, 11) is 0. The standard InChI is InChI=1S/C13H24N2O/c1-13(2,3)14-7-12(16)15-8-10-5-4-6-11(10)9-15/h10-11,14H,4-9H2,1-3H3. The molecule has 0 aromatic rings. The van der Waals surface area contributed by atoms with Crippen LogP contribution < -0.4 is 5.32 Å². The van der Waals surface area contributed by atoms with Gasteiger partial charge in [-0.3, -0.25) is 4.79 Å². The average molecular weight is 224 g/mol. The van der Waals surface area contributed by atoms with Crippen molar-refractivity contribution in [2.45, 2.75) is 45.6 Å². The third-order valence-corrected chi connectivity index (χ3v) is 3.85. The first-order chi connectivity index (χ1) is 7.46. The summed E-state index contributed by atoms with van der Waals surface area (Å²) in [5, 5.41) is 3.27. The molecule has 0 aromatic carbocycles. The van der Waals surface area contributed by atoms with Crippen molar-refractivity contribution < 1.29 is 4.79 Å². The second-order valence-electron chi connectivity index (χ2n) is 6.35. The van der Waals surface area contributed by atoms with E-state index in [1.807, 2.05) is 0 Å². The molecule has 1 saturated heterocycles. The SMILES string of the molecule is CC(C)(C)NCC(=O)N1CC2CCCC2C1. The third kappa shape index (κ3) is 2.76. The Labute approximate surface area is 98.6 Å². The highest BCUT2D eigenvalue weighted by Gasteiger charge is 2.37. The van der Waals surface area contributed by atoms with Gasteiger partial charge in [-0.05, 0) is 45.4 Å². The number of rotatable bonds is 2. The first-order valence-electron chi connectivity index (χ1n) is 6.48. The van der Waals surface area contributed by atoms with Crippen molar-refractivity contribution >= 4 is 5.91 Å². The largest absolute Gasteiger partial charge is 0.341 e. The van der Waals surface area contributed by atoms with E-state index in [-0.39, 0.29) is 11.4 Å². The molecule has 0 bridgehead atoms. The molecule has 1 heterocycles. The fourth-order valence-electron chi connectivity index (χ4n) is 2.89. The fraction of sp³-hybridized carbons (Fsp3) is 0.923. The van der Waals surface area contributed by atoms with Crippen LogP contribution >= 0.6 is 0 Å². The van der Waals surface area contributed by atoms with E-state index in [9.17, 15) is 4.79 Å². The molecule has 2 fully saturated rings. The molecule has 1 aliphatic carbocycles. The number of amides is 1. The van der Waals surface area contributed by atoms with Gasteiger partial charge in [0, 0.05) is 18.6 Å². The Kier molecular flexibility index (Phi) is 3.24. The summed E-state index contributed by atoms with van der Waals surface area (Å²) in [6, 6.07) is 0. The minimum absolute atomic E-state index is 0.0330. The van der Waals surface area contributed by atoms with E-state index in [1.54, 1.807) is 0 Å². The molecule has 16 heavy (non-hydrogen) atoms. The maximum atomic E-state index is 12.0. The normalized spacial score (nSPS) is 29.6. The molecule has 3 nitrogen and oxygen atoms in total. The maximum Gasteiger partial charge on any atom is 0.236 e. The number of nitrogens with zero attached hydrogens (tertiary/aromatic N) is 1. The zero-order valence-corrected chi connectivity index (χ0v) is 10.8. The van der Waals surface area contributed by atoms with Crippen molar-refractivity contribution in [2.75, 3.05) is 19.6 Å². The number of fused-ring (bicyclic) bond motifs is 1. The summed E-state index contributed by atoms with van der Waals surface area (Å²) in [6.07, 6.45) is 4.04. The molecule has 1 aliphatic heterocycles. The van der Waals surface area contributed by atoms with Gasteiger partial charge in [0.2, 0.25) is 5.91 Å². The van der Waals surface area contributed by atoms with Gasteiger partial charge in [0.15, 0.2) is 0 Å². The number of hydrogen-bond donors (Lipinski definition) is 1. The van der Waals surface area contributed by atoms with E-state index < -0.39 is 0 Å². The van der Waals surface area contributed by atoms with Gasteiger partial charge in [0.25, 0.3) is 0 Å². The Hall–Kier alpha value is -0.570. The van der Waals surface area contributed by atoms with E-state index in [1.165, 1.54) is 19.3 Å². The lowest BCUT2D eigenvalue weighted by atomic mass is 10.0. The third-order valence-electron chi connectivity index (χ3n) is 3.85. The maximum absolute atomic E-state index is 12.0. The Bertz CT molecular complexity index is 258. The molecule has 1 N–H and O–H groups in total. The number of likely N-dealkylation sites (tertiary alicyclic amines) is 1. The van der Waals surface area contributed by atoms with Crippen LogP contribution in [0.3, 0.4) is 0 Å². The van der Waals surface area contributed by atoms with Gasteiger partial charge in [-0.2, -0.15) is 0 Å². The van der Waals surface area contributed by atoms with Gasteiger partial charge in [0.1, 0.15) is 0 Å². The average Bonchev–Trinajstić information content (AvgIpc) is 2.71. The molecule has 3 heteroatoms. The van der Waals surface area contributed by atoms with Gasteiger partial charge in [-0.15, -0.1) is 0 Å². The van der Waals surface area contributed by atoms with Gasteiger partial charge < -0.3 is 10.2 Å². The zero-order chi connectivity index (χ0) is 11.8. The highest BCUT2D eigenvalue weighted by atomic mass is 16.2. The Morgan fingerprint density at radius 3 is 2.31 bits per heavy atom. The van der Waals surface area contributed by atoms with Gasteiger partial charge in [0.05, 0.1) is 6.54 Å². The predicted molar refractivity (Wildman–Crippen MR) is 65.2 cm³/mol. The number of carbonyl (C=O) groups excluding carboxylic acids is 1. The molecule has 2 atom stereocenters. The van der Waals surface area contributed by atoms with Gasteiger partial charge >= 0.3 is 0 Å². The van der Waals surface area contributed by atoms with Crippen molar-refractivity contribution in [3.63, 3.8) is 0 Å². The summed E-state index contributed by atoms with van der Waals surface area (Å²) in [5.74, 6) is 1.89. The molecule has 1 saturated carbocycles. The first kappa shape index (κ1) is 11.9. The van der Waals surface area contributed by atoms with E-state index in [0.29, 0.717) is 6.54 Å². The molecule has 2 rings (SSSR count). The summed E-state index contributed by atoms with van der Waals surface area (Å²) in [4.78, 5) is 14.0. The highest BCUT2D eigenvalue weighted by molar-refractivity contribution is 5.78. The van der Waals surface area contributed by atoms with Crippen molar-refractivity contribution in [2.24, 2.45) is 11.8 Å². The van der Waals surface area contributed by atoms with Crippen LogP contribution in [0.2, 0.25) is 0 Å². The number of nitrogens with one attached hydrogen (secondary N) is 1. The lowest BCUT2D eigenvalue weighted by Crippen LogP contribution is -2.44. The summed E-state index contributed by atoms with van der Waals surface area (Å²) >= 11 is 0. The fourth-order valence-corrected chi connectivity index (χ4v) is 2.89.